The lowest BCUT2D eigenvalue weighted by molar-refractivity contribution is 0.0987. The summed E-state index contributed by atoms with van der Waals surface area (Å²) in [6, 6.07) is 6.58. The summed E-state index contributed by atoms with van der Waals surface area (Å²) in [5.41, 5.74) is 2.46. The van der Waals surface area contributed by atoms with Gasteiger partial charge in [-0.15, -0.1) is 0 Å². The molecule has 0 spiro atoms. The molecular weight excluding hydrogens is 387 g/mol. The van der Waals surface area contributed by atoms with Gasteiger partial charge in [0.05, 0.1) is 26.1 Å². The first-order valence-corrected chi connectivity index (χ1v) is 9.51. The van der Waals surface area contributed by atoms with Crippen LogP contribution in [0.3, 0.4) is 0 Å². The molecule has 0 radical (unpaired) electrons. The van der Waals surface area contributed by atoms with Crippen molar-refractivity contribution >= 4 is 17.4 Å². The first kappa shape index (κ1) is 21.2. The first-order chi connectivity index (χ1) is 14.5. The van der Waals surface area contributed by atoms with Crippen LogP contribution < -0.4 is 14.8 Å². The topological polar surface area (TPSA) is 86.2 Å². The molecule has 1 aromatic carbocycles. The maximum absolute atomic E-state index is 14.6. The van der Waals surface area contributed by atoms with Crippen LogP contribution in [0.4, 0.5) is 16.0 Å². The summed E-state index contributed by atoms with van der Waals surface area (Å²) in [7, 11) is 2.94. The second-order valence-corrected chi connectivity index (χ2v) is 6.56. The number of hydrogen-bond acceptors (Lipinski definition) is 7. The lowest BCUT2D eigenvalue weighted by atomic mass is 10.00. The zero-order valence-electron chi connectivity index (χ0n) is 17.1. The molecule has 3 rings (SSSR count). The Balaban J connectivity index is 1.68. The minimum absolute atomic E-state index is 0.0543. The third kappa shape index (κ3) is 5.08. The van der Waals surface area contributed by atoms with Gasteiger partial charge in [-0.2, -0.15) is 0 Å². The number of carbonyl (C=O) groups is 1. The van der Waals surface area contributed by atoms with E-state index in [0.717, 1.165) is 11.3 Å². The first-order valence-electron chi connectivity index (χ1n) is 9.51. The van der Waals surface area contributed by atoms with Crippen LogP contribution in [0, 0.1) is 5.82 Å². The van der Waals surface area contributed by atoms with Gasteiger partial charge in [-0.25, -0.2) is 19.3 Å². The maximum atomic E-state index is 14.6. The summed E-state index contributed by atoms with van der Waals surface area (Å²) in [5, 5.41) is 3.05. The summed E-state index contributed by atoms with van der Waals surface area (Å²) < 4.78 is 24.7. The highest BCUT2D eigenvalue weighted by atomic mass is 19.1. The van der Waals surface area contributed by atoms with Crippen LogP contribution in [0.25, 0.3) is 0 Å². The third-order valence-electron chi connectivity index (χ3n) is 4.57. The number of benzene rings is 1. The predicted molar refractivity (Wildman–Crippen MR) is 111 cm³/mol. The highest BCUT2D eigenvalue weighted by Gasteiger charge is 2.15. The molecule has 0 atom stereocenters. The Hall–Kier alpha value is -3.55. The maximum Gasteiger partial charge on any atom is 0.227 e. The fraction of sp³-hybridized carbons (Fsp3) is 0.273. The van der Waals surface area contributed by atoms with Gasteiger partial charge in [-0.1, -0.05) is 6.92 Å². The number of nitrogens with zero attached hydrogens (tertiary/aromatic N) is 3. The lowest BCUT2D eigenvalue weighted by Crippen LogP contribution is -2.04. The van der Waals surface area contributed by atoms with Crippen LogP contribution in [0.5, 0.6) is 11.6 Å². The number of aromatic nitrogens is 3. The van der Waals surface area contributed by atoms with Crippen LogP contribution in [-0.2, 0) is 12.8 Å². The molecular formula is C22H23FN4O3. The van der Waals surface area contributed by atoms with Crippen LogP contribution in [-0.4, -0.2) is 35.0 Å². The van der Waals surface area contributed by atoms with Crippen LogP contribution in [0.15, 0.2) is 42.9 Å². The van der Waals surface area contributed by atoms with E-state index in [1.165, 1.54) is 13.2 Å². The number of carbonyl (C=O) groups excluding carboxylic acids is 1. The molecule has 2 aromatic heterocycles. The Labute approximate surface area is 174 Å². The number of anilines is 2. The second kappa shape index (κ2) is 9.78. The monoisotopic (exact) mass is 410 g/mol. The van der Waals surface area contributed by atoms with Gasteiger partial charge in [-0.3, -0.25) is 4.79 Å². The van der Waals surface area contributed by atoms with Gasteiger partial charge >= 0.3 is 0 Å². The molecule has 0 aliphatic rings. The van der Waals surface area contributed by atoms with Crippen molar-refractivity contribution in [3.8, 4) is 11.6 Å². The summed E-state index contributed by atoms with van der Waals surface area (Å²) in [6.45, 7) is 1.77. The normalized spacial score (nSPS) is 10.5. The highest BCUT2D eigenvalue weighted by molar-refractivity contribution is 5.96. The number of methoxy groups -OCH3 is 2. The van der Waals surface area contributed by atoms with Crippen molar-refractivity contribution in [2.45, 2.75) is 26.2 Å². The Morgan fingerprint density at radius 2 is 1.80 bits per heavy atom. The largest absolute Gasteiger partial charge is 0.494 e. The van der Waals surface area contributed by atoms with E-state index >= 15 is 0 Å². The molecule has 0 fully saturated rings. The van der Waals surface area contributed by atoms with Gasteiger partial charge in [0.15, 0.2) is 17.3 Å². The Morgan fingerprint density at radius 1 is 1.03 bits per heavy atom. The molecule has 30 heavy (non-hydrogen) atoms. The number of Topliss-reactive ketones (excluding diaryl/α,β-unsaturated/α-hetero) is 1. The molecule has 2 heterocycles. The van der Waals surface area contributed by atoms with E-state index in [4.69, 9.17) is 9.47 Å². The SMILES string of the molecule is CCC(=O)c1cc(CCc2cnc(Nc3ccc(OC)nc3)nc2)c(F)c(OC)c1. The molecule has 0 bridgehead atoms. The van der Waals surface area contributed by atoms with E-state index in [2.05, 4.69) is 20.3 Å². The zero-order chi connectivity index (χ0) is 21.5. The number of ether oxygens (including phenoxy) is 2. The molecule has 156 valence electrons. The molecule has 7 nitrogen and oxygen atoms in total. The Kier molecular flexibility index (Phi) is 6.90. The van der Waals surface area contributed by atoms with Gasteiger partial charge in [0.2, 0.25) is 11.8 Å². The molecule has 3 aromatic rings. The predicted octanol–water partition coefficient (Wildman–Crippen LogP) is 4.15. The summed E-state index contributed by atoms with van der Waals surface area (Å²) in [4.78, 5) is 24.7. The van der Waals surface area contributed by atoms with E-state index in [1.54, 1.807) is 44.8 Å². The minimum atomic E-state index is -0.448. The number of rotatable bonds is 9. The van der Waals surface area contributed by atoms with E-state index in [9.17, 15) is 9.18 Å². The molecule has 0 unspecified atom stereocenters. The van der Waals surface area contributed by atoms with Crippen molar-refractivity contribution in [3.63, 3.8) is 0 Å². The Morgan fingerprint density at radius 3 is 2.40 bits per heavy atom. The number of halogens is 1. The number of ketones is 1. The second-order valence-electron chi connectivity index (χ2n) is 6.56. The fourth-order valence-electron chi connectivity index (χ4n) is 2.88. The van der Waals surface area contributed by atoms with Crippen molar-refractivity contribution in [1.29, 1.82) is 0 Å². The molecule has 8 heteroatoms. The lowest BCUT2D eigenvalue weighted by Gasteiger charge is -2.11. The minimum Gasteiger partial charge on any atom is -0.494 e. The molecule has 0 saturated carbocycles. The van der Waals surface area contributed by atoms with Gasteiger partial charge in [0.1, 0.15) is 0 Å². The molecule has 0 saturated heterocycles. The number of nitrogens with one attached hydrogen (secondary N) is 1. The van der Waals surface area contributed by atoms with Crippen molar-refractivity contribution in [1.82, 2.24) is 15.0 Å². The van der Waals surface area contributed by atoms with E-state index < -0.39 is 5.82 Å². The summed E-state index contributed by atoms with van der Waals surface area (Å²) in [6.07, 6.45) is 6.25. The van der Waals surface area contributed by atoms with Gasteiger partial charge in [0.25, 0.3) is 0 Å². The third-order valence-corrected chi connectivity index (χ3v) is 4.57. The van der Waals surface area contributed by atoms with Crippen LogP contribution >= 0.6 is 0 Å². The van der Waals surface area contributed by atoms with E-state index in [1.807, 2.05) is 6.07 Å². The fourth-order valence-corrected chi connectivity index (χ4v) is 2.88. The van der Waals surface area contributed by atoms with Crippen molar-refractivity contribution in [2.24, 2.45) is 0 Å². The van der Waals surface area contributed by atoms with E-state index in [-0.39, 0.29) is 11.5 Å². The Bertz CT molecular complexity index is 1010. The molecule has 0 amide bonds. The number of hydrogen-bond donors (Lipinski definition) is 1. The zero-order valence-corrected chi connectivity index (χ0v) is 17.1. The van der Waals surface area contributed by atoms with Crippen molar-refractivity contribution in [3.05, 3.63) is 65.4 Å². The highest BCUT2D eigenvalue weighted by Crippen LogP contribution is 2.25. The van der Waals surface area contributed by atoms with E-state index in [0.29, 0.717) is 42.2 Å². The smallest absolute Gasteiger partial charge is 0.227 e. The van der Waals surface area contributed by atoms with Crippen molar-refractivity contribution in [2.75, 3.05) is 19.5 Å². The summed E-state index contributed by atoms with van der Waals surface area (Å²) >= 11 is 0. The summed E-state index contributed by atoms with van der Waals surface area (Å²) in [5.74, 6) is 0.519. The van der Waals surface area contributed by atoms with Crippen molar-refractivity contribution < 1.29 is 18.7 Å². The molecule has 1 N–H and O–H groups in total. The molecule has 0 aliphatic heterocycles. The van der Waals surface area contributed by atoms with Gasteiger partial charge in [0, 0.05) is 30.4 Å². The van der Waals surface area contributed by atoms with Crippen LogP contribution in [0.1, 0.15) is 34.8 Å². The average molecular weight is 410 g/mol. The van der Waals surface area contributed by atoms with Gasteiger partial charge in [-0.05, 0) is 42.2 Å². The molecule has 0 aliphatic carbocycles. The van der Waals surface area contributed by atoms with Crippen LogP contribution in [0.2, 0.25) is 0 Å². The van der Waals surface area contributed by atoms with Gasteiger partial charge < -0.3 is 14.8 Å². The number of pyridine rings is 1. The standard InChI is InChI=1S/C22H23FN4O3/c1-4-18(28)16-9-15(21(23)19(10-16)29-2)6-5-14-11-25-22(26-12-14)27-17-7-8-20(30-3)24-13-17/h7-13H,4-6H2,1-3H3,(H,25,26,27). The average Bonchev–Trinajstić information content (AvgIpc) is 2.79. The number of aryl methyl sites for hydroxylation is 2. The quantitative estimate of drug-likeness (QED) is 0.530.